The Balaban J connectivity index is 3.91. The maximum atomic E-state index is 9.83. The first-order chi connectivity index (χ1) is 3.50. The number of aliphatic carboxylic acids is 1. The Morgan fingerprint density at radius 2 is 2.25 bits per heavy atom. The fourth-order valence-electron chi connectivity index (χ4n) is 0.0676. The number of hydrogen-bond donors (Lipinski definition) is 4. The van der Waals surface area contributed by atoms with Crippen molar-refractivity contribution in [3.63, 3.8) is 0 Å². The van der Waals surface area contributed by atoms with E-state index in [1.54, 1.807) is 0 Å². The molecule has 0 bridgehead atoms. The van der Waals surface area contributed by atoms with Gasteiger partial charge in [0.05, 0.1) is 0 Å². The molecule has 0 rings (SSSR count). The lowest BCUT2D eigenvalue weighted by Gasteiger charge is -2.12. The molecule has 0 aromatic carbocycles. The molecule has 0 fully saturated rings. The zero-order chi connectivity index (χ0) is 6.78. The third-order valence-electron chi connectivity index (χ3n) is 0.611. The Morgan fingerprint density at radius 1 is 1.88 bits per heavy atom. The van der Waals surface area contributed by atoms with Crippen molar-refractivity contribution in [1.29, 1.82) is 0 Å². The molecule has 0 aliphatic heterocycles. The normalized spacial score (nSPS) is 17.4. The predicted molar refractivity (Wildman–Crippen MR) is 30.6 cm³/mol. The average Bonchev–Trinajstić information content (AvgIpc) is 1.67. The van der Waals surface area contributed by atoms with Crippen molar-refractivity contribution in [2.24, 2.45) is 5.73 Å². The van der Waals surface area contributed by atoms with Gasteiger partial charge in [-0.1, -0.05) is 0 Å². The molecule has 0 saturated carbocycles. The van der Waals surface area contributed by atoms with Gasteiger partial charge >= 0.3 is 5.97 Å². The predicted octanol–water partition coefficient (Wildman–Crippen LogP) is -1.35. The first kappa shape index (κ1) is 7.74. The lowest BCUT2D eigenvalue weighted by Crippen LogP contribution is -2.49. The van der Waals surface area contributed by atoms with Crippen LogP contribution in [0.2, 0.25) is 0 Å². The number of thiol groups is 1. The highest BCUT2D eigenvalue weighted by Gasteiger charge is 2.28. The van der Waals surface area contributed by atoms with Crippen molar-refractivity contribution in [2.75, 3.05) is 5.75 Å². The van der Waals surface area contributed by atoms with E-state index in [2.05, 4.69) is 12.6 Å². The monoisotopic (exact) mass is 137 g/mol. The number of carboxylic acid groups (broad SMARTS) is 1. The van der Waals surface area contributed by atoms with E-state index in [0.717, 1.165) is 0 Å². The fourth-order valence-corrected chi connectivity index (χ4v) is 0.203. The van der Waals surface area contributed by atoms with Crippen molar-refractivity contribution >= 4 is 18.6 Å². The molecule has 0 saturated heterocycles. The third-order valence-corrected chi connectivity index (χ3v) is 1.09. The Morgan fingerprint density at radius 3 is 2.25 bits per heavy atom. The zero-order valence-electron chi connectivity index (χ0n) is 4.03. The van der Waals surface area contributed by atoms with Gasteiger partial charge in [-0.2, -0.15) is 12.6 Å². The van der Waals surface area contributed by atoms with Gasteiger partial charge in [-0.25, -0.2) is 4.79 Å². The van der Waals surface area contributed by atoms with Crippen molar-refractivity contribution < 1.29 is 15.0 Å². The third kappa shape index (κ3) is 1.69. The maximum absolute atomic E-state index is 9.83. The average molecular weight is 137 g/mol. The van der Waals surface area contributed by atoms with Gasteiger partial charge < -0.3 is 10.2 Å². The molecular weight excluding hydrogens is 130 g/mol. The molecule has 0 radical (unpaired) electrons. The molecule has 0 aromatic rings. The van der Waals surface area contributed by atoms with Crippen LogP contribution in [0.15, 0.2) is 0 Å². The molecule has 0 unspecified atom stereocenters. The minimum atomic E-state index is -2.18. The minimum Gasteiger partial charge on any atom is -0.478 e. The highest BCUT2D eigenvalue weighted by Crippen LogP contribution is 1.95. The first-order valence-electron chi connectivity index (χ1n) is 1.86. The standard InChI is InChI=1S/C3H7NO3S/c4-3(7,1-8)2(5)6/h7-8H,1,4H2,(H,5,6)/t3-/m1/s1. The van der Waals surface area contributed by atoms with E-state index in [1.807, 2.05) is 0 Å². The van der Waals surface area contributed by atoms with Crippen LogP contribution in [0.1, 0.15) is 0 Å². The zero-order valence-corrected chi connectivity index (χ0v) is 4.93. The Hall–Kier alpha value is -0.260. The van der Waals surface area contributed by atoms with Gasteiger partial charge in [-0.15, -0.1) is 0 Å². The molecule has 0 spiro atoms. The largest absolute Gasteiger partial charge is 0.478 e. The quantitative estimate of drug-likeness (QED) is 0.280. The summed E-state index contributed by atoms with van der Waals surface area (Å²) in [5, 5.41) is 16.5. The van der Waals surface area contributed by atoms with Gasteiger partial charge in [0.15, 0.2) is 0 Å². The molecule has 8 heavy (non-hydrogen) atoms. The van der Waals surface area contributed by atoms with Gasteiger partial charge in [0.25, 0.3) is 0 Å². The molecular formula is C3H7NO3S. The minimum absolute atomic E-state index is 0.289. The van der Waals surface area contributed by atoms with E-state index in [-0.39, 0.29) is 5.75 Å². The number of carboxylic acids is 1. The van der Waals surface area contributed by atoms with Crippen LogP contribution in [0.25, 0.3) is 0 Å². The second-order valence-electron chi connectivity index (χ2n) is 1.39. The van der Waals surface area contributed by atoms with Crippen LogP contribution in [-0.4, -0.2) is 27.7 Å². The van der Waals surface area contributed by atoms with Crippen LogP contribution in [0.3, 0.4) is 0 Å². The molecule has 4 N–H and O–H groups in total. The summed E-state index contributed by atoms with van der Waals surface area (Å²) in [6.45, 7) is 0. The maximum Gasteiger partial charge on any atom is 0.351 e. The molecule has 0 aromatic heterocycles. The molecule has 5 heteroatoms. The number of carbonyl (C=O) groups is 1. The number of aliphatic hydroxyl groups is 1. The lowest BCUT2D eigenvalue weighted by molar-refractivity contribution is -0.155. The summed E-state index contributed by atoms with van der Waals surface area (Å²) in [5.41, 5.74) is 2.56. The topological polar surface area (TPSA) is 83.5 Å². The van der Waals surface area contributed by atoms with Crippen LogP contribution in [-0.2, 0) is 4.79 Å². The van der Waals surface area contributed by atoms with E-state index >= 15 is 0 Å². The van der Waals surface area contributed by atoms with Crippen LogP contribution >= 0.6 is 12.6 Å². The van der Waals surface area contributed by atoms with Gasteiger partial charge in [0, 0.05) is 5.75 Å². The highest BCUT2D eigenvalue weighted by molar-refractivity contribution is 7.80. The number of hydrogen-bond acceptors (Lipinski definition) is 4. The van der Waals surface area contributed by atoms with E-state index in [4.69, 9.17) is 15.9 Å². The number of nitrogens with two attached hydrogens (primary N) is 1. The summed E-state index contributed by atoms with van der Waals surface area (Å²) in [7, 11) is 0. The van der Waals surface area contributed by atoms with Crippen molar-refractivity contribution in [3.05, 3.63) is 0 Å². The second-order valence-corrected chi connectivity index (χ2v) is 1.70. The van der Waals surface area contributed by atoms with E-state index in [1.165, 1.54) is 0 Å². The van der Waals surface area contributed by atoms with Crippen molar-refractivity contribution in [1.82, 2.24) is 0 Å². The van der Waals surface area contributed by atoms with Crippen LogP contribution < -0.4 is 5.73 Å². The van der Waals surface area contributed by atoms with E-state index in [9.17, 15) is 4.79 Å². The van der Waals surface area contributed by atoms with Crippen molar-refractivity contribution in [3.8, 4) is 0 Å². The molecule has 0 amide bonds. The molecule has 0 aliphatic carbocycles. The van der Waals surface area contributed by atoms with Gasteiger partial charge in [0.1, 0.15) is 0 Å². The van der Waals surface area contributed by atoms with Gasteiger partial charge in [-0.05, 0) is 0 Å². The van der Waals surface area contributed by atoms with Gasteiger partial charge in [0.2, 0.25) is 5.72 Å². The summed E-state index contributed by atoms with van der Waals surface area (Å²) >= 11 is 3.48. The molecule has 1 atom stereocenters. The fraction of sp³-hybridized carbons (Fsp3) is 0.667. The highest BCUT2D eigenvalue weighted by atomic mass is 32.1. The molecule has 0 heterocycles. The first-order valence-corrected chi connectivity index (χ1v) is 2.49. The lowest BCUT2D eigenvalue weighted by atomic mass is 10.3. The van der Waals surface area contributed by atoms with Crippen molar-refractivity contribution in [2.45, 2.75) is 5.72 Å². The Labute approximate surface area is 51.7 Å². The number of rotatable bonds is 2. The molecule has 0 aliphatic rings. The Bertz CT molecular complexity index is 103. The summed E-state index contributed by atoms with van der Waals surface area (Å²) in [5.74, 6) is -1.75. The van der Waals surface area contributed by atoms with E-state index in [0.29, 0.717) is 0 Å². The molecule has 48 valence electrons. The summed E-state index contributed by atoms with van der Waals surface area (Å²) in [4.78, 5) is 9.83. The Kier molecular flexibility index (Phi) is 2.26. The smallest absolute Gasteiger partial charge is 0.351 e. The van der Waals surface area contributed by atoms with Crippen LogP contribution in [0.4, 0.5) is 0 Å². The summed E-state index contributed by atoms with van der Waals surface area (Å²) in [6.07, 6.45) is 0. The van der Waals surface area contributed by atoms with Gasteiger partial charge in [-0.3, -0.25) is 5.73 Å². The summed E-state index contributed by atoms with van der Waals surface area (Å²) < 4.78 is 0. The SMILES string of the molecule is N[C@@](O)(CS)C(=O)O. The van der Waals surface area contributed by atoms with E-state index < -0.39 is 11.7 Å². The van der Waals surface area contributed by atoms with Crippen LogP contribution in [0.5, 0.6) is 0 Å². The molecule has 4 nitrogen and oxygen atoms in total. The second kappa shape index (κ2) is 2.34. The summed E-state index contributed by atoms with van der Waals surface area (Å²) in [6, 6.07) is 0. The van der Waals surface area contributed by atoms with Crippen LogP contribution in [0, 0.1) is 0 Å².